The van der Waals surface area contributed by atoms with Gasteiger partial charge in [-0.05, 0) is 54.6 Å². The Bertz CT molecular complexity index is 1280. The first-order valence-electron chi connectivity index (χ1n) is 10.7. The molecular formula is C26H22ClN3O3. The van der Waals surface area contributed by atoms with E-state index in [0.29, 0.717) is 33.5 Å². The van der Waals surface area contributed by atoms with Gasteiger partial charge < -0.3 is 25.4 Å². The molecule has 6 nitrogen and oxygen atoms in total. The Hall–Kier alpha value is -3.74. The summed E-state index contributed by atoms with van der Waals surface area (Å²) in [6.07, 6.45) is 2.97. The number of ether oxygens (including phenoxy) is 2. The van der Waals surface area contributed by atoms with E-state index in [-0.39, 0.29) is 5.91 Å². The number of carbonyl (C=O) groups excluding carboxylic acids is 1. The van der Waals surface area contributed by atoms with Crippen molar-refractivity contribution in [1.82, 2.24) is 5.32 Å². The number of anilines is 2. The lowest BCUT2D eigenvalue weighted by atomic mass is 9.99. The molecule has 0 aromatic heterocycles. The number of nitrogens with one attached hydrogen (secondary N) is 3. The monoisotopic (exact) mass is 459 g/mol. The third kappa shape index (κ3) is 4.31. The number of carbonyl (C=O) groups is 1. The zero-order valence-electron chi connectivity index (χ0n) is 17.9. The number of rotatable bonds is 6. The molecular weight excluding hydrogens is 438 g/mol. The fourth-order valence-corrected chi connectivity index (χ4v) is 4.02. The molecule has 2 heterocycles. The van der Waals surface area contributed by atoms with Crippen LogP contribution in [0.25, 0.3) is 11.3 Å². The fourth-order valence-electron chi connectivity index (χ4n) is 3.85. The van der Waals surface area contributed by atoms with Gasteiger partial charge in [-0.2, -0.15) is 0 Å². The van der Waals surface area contributed by atoms with Crippen molar-refractivity contribution in [1.29, 1.82) is 0 Å². The number of hydrogen-bond acceptors (Lipinski definition) is 5. The van der Waals surface area contributed by atoms with E-state index in [2.05, 4.69) is 35.0 Å². The van der Waals surface area contributed by atoms with E-state index in [1.807, 2.05) is 36.4 Å². The zero-order valence-corrected chi connectivity index (χ0v) is 18.7. The van der Waals surface area contributed by atoms with Crippen LogP contribution in [0.5, 0.6) is 11.5 Å². The highest BCUT2D eigenvalue weighted by molar-refractivity contribution is 6.38. The minimum atomic E-state index is -0.201. The molecule has 3 aromatic carbocycles. The molecule has 0 saturated heterocycles. The van der Waals surface area contributed by atoms with Gasteiger partial charge in [0.25, 0.3) is 5.91 Å². The van der Waals surface area contributed by atoms with Crippen LogP contribution in [0.1, 0.15) is 23.6 Å². The van der Waals surface area contributed by atoms with Crippen LogP contribution in [0.2, 0.25) is 5.02 Å². The van der Waals surface area contributed by atoms with Gasteiger partial charge in [0.1, 0.15) is 12.5 Å². The van der Waals surface area contributed by atoms with Crippen LogP contribution in [-0.2, 0) is 11.3 Å². The van der Waals surface area contributed by atoms with Crippen LogP contribution in [0.15, 0.2) is 73.2 Å². The summed E-state index contributed by atoms with van der Waals surface area (Å²) in [5, 5.41) is 10.3. The summed E-state index contributed by atoms with van der Waals surface area (Å²) in [6, 6.07) is 19.1. The molecule has 2 aliphatic rings. The first kappa shape index (κ1) is 21.1. The number of halogens is 1. The highest BCUT2D eigenvalue weighted by Crippen LogP contribution is 2.41. The average Bonchev–Trinajstić information content (AvgIpc) is 3.16. The molecule has 0 atom stereocenters. The van der Waals surface area contributed by atoms with Crippen molar-refractivity contribution in [3.63, 3.8) is 0 Å². The van der Waals surface area contributed by atoms with Crippen molar-refractivity contribution in [2.45, 2.75) is 13.5 Å². The van der Waals surface area contributed by atoms with Crippen molar-refractivity contribution < 1.29 is 14.3 Å². The lowest BCUT2D eigenvalue weighted by Crippen LogP contribution is -2.12. The van der Waals surface area contributed by atoms with Crippen molar-refractivity contribution in [3.8, 4) is 11.5 Å². The summed E-state index contributed by atoms with van der Waals surface area (Å²) >= 11 is 6.15. The molecule has 0 spiro atoms. The maximum Gasteiger partial charge on any atom is 0.258 e. The normalized spacial score (nSPS) is 15.2. The Kier molecular flexibility index (Phi) is 5.77. The molecule has 2 aliphatic heterocycles. The lowest BCUT2D eigenvalue weighted by Gasteiger charge is -2.18. The van der Waals surface area contributed by atoms with Crippen LogP contribution in [0.3, 0.4) is 0 Å². The summed E-state index contributed by atoms with van der Waals surface area (Å²) in [7, 11) is 0. The van der Waals surface area contributed by atoms with Crippen LogP contribution in [0, 0.1) is 0 Å². The number of benzene rings is 3. The third-order valence-electron chi connectivity index (χ3n) is 5.46. The quantitative estimate of drug-likeness (QED) is 0.417. The van der Waals surface area contributed by atoms with E-state index in [0.717, 1.165) is 29.9 Å². The van der Waals surface area contributed by atoms with Crippen LogP contribution in [-0.4, -0.2) is 12.5 Å². The van der Waals surface area contributed by atoms with Crippen LogP contribution >= 0.6 is 11.6 Å². The molecule has 7 heteroatoms. The van der Waals surface area contributed by atoms with Crippen LogP contribution < -0.4 is 25.4 Å². The topological polar surface area (TPSA) is 71.6 Å². The van der Waals surface area contributed by atoms with Crippen molar-refractivity contribution in [2.24, 2.45) is 0 Å². The molecule has 0 unspecified atom stereocenters. The van der Waals surface area contributed by atoms with Gasteiger partial charge in [0, 0.05) is 28.4 Å². The number of fused-ring (bicyclic) bond motifs is 2. The van der Waals surface area contributed by atoms with Crippen molar-refractivity contribution in [2.75, 3.05) is 17.2 Å². The standard InChI is InChI=1S/C26H22ClN3O3/c1-2-28-15-16-3-7-19(8-4-16)29-25(17-5-10-22-23(13-17)33-12-11-32-22)24-20-9-6-18(27)14-21(20)30-26(24)31/h3-14,28-29H,2,15H2,1H3,(H,30,31)/b25-24-. The van der Waals surface area contributed by atoms with Gasteiger partial charge in [-0.1, -0.05) is 36.7 Å². The zero-order chi connectivity index (χ0) is 22.8. The van der Waals surface area contributed by atoms with E-state index < -0.39 is 0 Å². The molecule has 0 saturated carbocycles. The van der Waals surface area contributed by atoms with Gasteiger partial charge >= 0.3 is 0 Å². The third-order valence-corrected chi connectivity index (χ3v) is 5.69. The predicted molar refractivity (Wildman–Crippen MR) is 131 cm³/mol. The Balaban J connectivity index is 1.60. The molecule has 33 heavy (non-hydrogen) atoms. The van der Waals surface area contributed by atoms with E-state index in [1.165, 1.54) is 18.1 Å². The summed E-state index contributed by atoms with van der Waals surface area (Å²) in [6.45, 7) is 3.79. The minimum Gasteiger partial charge on any atom is -0.458 e. The van der Waals surface area contributed by atoms with Crippen molar-refractivity contribution >= 4 is 40.2 Å². The first-order valence-corrected chi connectivity index (χ1v) is 11.0. The Morgan fingerprint density at radius 3 is 2.55 bits per heavy atom. The van der Waals surface area contributed by atoms with Gasteiger partial charge in [0.05, 0.1) is 17.0 Å². The number of amides is 1. The Morgan fingerprint density at radius 2 is 1.76 bits per heavy atom. The first-order chi connectivity index (χ1) is 16.1. The molecule has 3 N–H and O–H groups in total. The molecule has 3 aromatic rings. The van der Waals surface area contributed by atoms with E-state index in [9.17, 15) is 4.79 Å². The summed E-state index contributed by atoms with van der Waals surface area (Å²) in [5.41, 5.74) is 5.50. The molecule has 5 rings (SSSR count). The van der Waals surface area contributed by atoms with Gasteiger partial charge in [0.2, 0.25) is 0 Å². The van der Waals surface area contributed by atoms with Gasteiger partial charge in [-0.15, -0.1) is 0 Å². The molecule has 0 aliphatic carbocycles. The summed E-state index contributed by atoms with van der Waals surface area (Å²) in [4.78, 5) is 13.1. The largest absolute Gasteiger partial charge is 0.458 e. The van der Waals surface area contributed by atoms with Gasteiger partial charge in [-0.3, -0.25) is 4.79 Å². The Morgan fingerprint density at radius 1 is 0.970 bits per heavy atom. The van der Waals surface area contributed by atoms with E-state index >= 15 is 0 Å². The number of hydrogen-bond donors (Lipinski definition) is 3. The van der Waals surface area contributed by atoms with E-state index in [4.69, 9.17) is 21.1 Å². The minimum absolute atomic E-state index is 0.201. The molecule has 166 valence electrons. The van der Waals surface area contributed by atoms with Gasteiger partial charge in [0.15, 0.2) is 11.5 Å². The second-order valence-corrected chi connectivity index (χ2v) is 8.10. The summed E-state index contributed by atoms with van der Waals surface area (Å²) in [5.74, 6) is 0.986. The van der Waals surface area contributed by atoms with Crippen molar-refractivity contribution in [3.05, 3.63) is 94.9 Å². The molecule has 0 radical (unpaired) electrons. The fraction of sp³-hybridized carbons (Fsp3) is 0.115. The Labute approximate surface area is 196 Å². The second kappa shape index (κ2) is 9.02. The summed E-state index contributed by atoms with van der Waals surface area (Å²) < 4.78 is 11.1. The van der Waals surface area contributed by atoms with Crippen LogP contribution in [0.4, 0.5) is 11.4 Å². The molecule has 1 amide bonds. The van der Waals surface area contributed by atoms with Gasteiger partial charge in [-0.25, -0.2) is 0 Å². The SMILES string of the molecule is CCNCc1ccc(N/C(=C2\C(=O)Nc3cc(Cl)ccc32)c2ccc3c(c2)OC=CO3)cc1. The van der Waals surface area contributed by atoms with E-state index in [1.54, 1.807) is 12.1 Å². The lowest BCUT2D eigenvalue weighted by molar-refractivity contribution is -0.110. The maximum atomic E-state index is 13.1. The highest BCUT2D eigenvalue weighted by atomic mass is 35.5. The highest BCUT2D eigenvalue weighted by Gasteiger charge is 2.29. The molecule has 0 fully saturated rings. The maximum absolute atomic E-state index is 13.1. The second-order valence-electron chi connectivity index (χ2n) is 7.67. The smallest absolute Gasteiger partial charge is 0.258 e. The average molecular weight is 460 g/mol. The molecule has 0 bridgehead atoms. The predicted octanol–water partition coefficient (Wildman–Crippen LogP) is 5.62.